The average molecular weight is 267 g/mol. The summed E-state index contributed by atoms with van der Waals surface area (Å²) >= 11 is 1.28. The summed E-state index contributed by atoms with van der Waals surface area (Å²) in [6.45, 7) is 3.75. The van der Waals surface area contributed by atoms with Gasteiger partial charge in [-0.1, -0.05) is 0 Å². The number of methoxy groups -OCH3 is 1. The first kappa shape index (κ1) is 12.8. The Morgan fingerprint density at radius 3 is 2.83 bits per heavy atom. The van der Waals surface area contributed by atoms with Crippen molar-refractivity contribution in [3.05, 3.63) is 35.4 Å². The van der Waals surface area contributed by atoms with Gasteiger partial charge in [-0.2, -0.15) is 4.37 Å². The SMILES string of the molecule is COc1ccc(F)cc1C(C)Nc1nc(C)ns1. The van der Waals surface area contributed by atoms with Crippen LogP contribution in [0.25, 0.3) is 0 Å². The number of aryl methyl sites for hydroxylation is 1. The average Bonchev–Trinajstić information content (AvgIpc) is 2.74. The minimum absolute atomic E-state index is 0.108. The van der Waals surface area contributed by atoms with Crippen molar-refractivity contribution in [2.45, 2.75) is 19.9 Å². The molecule has 2 rings (SSSR count). The van der Waals surface area contributed by atoms with Gasteiger partial charge in [0.05, 0.1) is 13.2 Å². The zero-order valence-corrected chi connectivity index (χ0v) is 11.2. The van der Waals surface area contributed by atoms with Crippen LogP contribution in [-0.4, -0.2) is 16.5 Å². The van der Waals surface area contributed by atoms with Crippen molar-refractivity contribution >= 4 is 16.7 Å². The number of halogens is 1. The lowest BCUT2D eigenvalue weighted by atomic mass is 10.1. The van der Waals surface area contributed by atoms with E-state index in [0.717, 1.165) is 11.4 Å². The molecule has 0 aliphatic heterocycles. The van der Waals surface area contributed by atoms with Crippen molar-refractivity contribution in [1.82, 2.24) is 9.36 Å². The summed E-state index contributed by atoms with van der Waals surface area (Å²) in [5.74, 6) is 1.09. The lowest BCUT2D eigenvalue weighted by Crippen LogP contribution is -2.08. The molecule has 1 unspecified atom stereocenters. The largest absolute Gasteiger partial charge is 0.496 e. The van der Waals surface area contributed by atoms with E-state index in [4.69, 9.17) is 4.74 Å². The highest BCUT2D eigenvalue weighted by molar-refractivity contribution is 7.09. The summed E-state index contributed by atoms with van der Waals surface area (Å²) < 4.78 is 22.6. The van der Waals surface area contributed by atoms with E-state index in [9.17, 15) is 4.39 Å². The zero-order valence-electron chi connectivity index (χ0n) is 10.4. The summed E-state index contributed by atoms with van der Waals surface area (Å²) in [5.41, 5.74) is 0.755. The van der Waals surface area contributed by atoms with Crippen LogP contribution in [0.5, 0.6) is 5.75 Å². The fourth-order valence-electron chi connectivity index (χ4n) is 1.66. The van der Waals surface area contributed by atoms with E-state index in [1.165, 1.54) is 23.7 Å². The van der Waals surface area contributed by atoms with Gasteiger partial charge in [0.15, 0.2) is 0 Å². The number of benzene rings is 1. The van der Waals surface area contributed by atoms with Gasteiger partial charge in [-0.3, -0.25) is 0 Å². The van der Waals surface area contributed by atoms with Crippen LogP contribution < -0.4 is 10.1 Å². The van der Waals surface area contributed by atoms with Gasteiger partial charge in [-0.25, -0.2) is 9.37 Å². The molecule has 18 heavy (non-hydrogen) atoms. The van der Waals surface area contributed by atoms with Crippen LogP contribution in [-0.2, 0) is 0 Å². The molecule has 1 aromatic heterocycles. The minimum atomic E-state index is -0.284. The second-order valence-corrected chi connectivity index (χ2v) is 4.65. The Kier molecular flexibility index (Phi) is 3.76. The second kappa shape index (κ2) is 5.30. The van der Waals surface area contributed by atoms with Crippen LogP contribution in [0.4, 0.5) is 9.52 Å². The number of aromatic nitrogens is 2. The smallest absolute Gasteiger partial charge is 0.203 e. The number of nitrogens with zero attached hydrogens (tertiary/aromatic N) is 2. The number of rotatable bonds is 4. The van der Waals surface area contributed by atoms with Gasteiger partial charge < -0.3 is 10.1 Å². The van der Waals surface area contributed by atoms with Crippen LogP contribution in [0.15, 0.2) is 18.2 Å². The highest BCUT2D eigenvalue weighted by atomic mass is 32.1. The normalized spacial score (nSPS) is 12.2. The molecule has 96 valence electrons. The summed E-state index contributed by atoms with van der Waals surface area (Å²) in [6.07, 6.45) is 0. The van der Waals surface area contributed by atoms with Crippen LogP contribution in [0.2, 0.25) is 0 Å². The number of hydrogen-bond acceptors (Lipinski definition) is 5. The van der Waals surface area contributed by atoms with Crippen molar-refractivity contribution in [3.63, 3.8) is 0 Å². The Labute approximate surface area is 109 Å². The van der Waals surface area contributed by atoms with Gasteiger partial charge in [-0.05, 0) is 32.0 Å². The molecule has 0 fully saturated rings. The Bertz CT molecular complexity index is 544. The number of anilines is 1. The lowest BCUT2D eigenvalue weighted by Gasteiger charge is -2.16. The predicted molar refractivity (Wildman–Crippen MR) is 69.6 cm³/mol. The molecular formula is C12H14FN3OS. The van der Waals surface area contributed by atoms with Crippen LogP contribution >= 0.6 is 11.5 Å². The molecule has 0 spiro atoms. The topological polar surface area (TPSA) is 47.0 Å². The molecule has 1 atom stereocenters. The van der Waals surface area contributed by atoms with Crippen molar-refractivity contribution in [2.24, 2.45) is 0 Å². The maximum Gasteiger partial charge on any atom is 0.203 e. The van der Waals surface area contributed by atoms with E-state index in [-0.39, 0.29) is 11.9 Å². The Morgan fingerprint density at radius 2 is 2.22 bits per heavy atom. The molecule has 6 heteroatoms. The Hall–Kier alpha value is -1.69. The number of ether oxygens (including phenoxy) is 1. The molecule has 0 saturated carbocycles. The van der Waals surface area contributed by atoms with Gasteiger partial charge >= 0.3 is 0 Å². The van der Waals surface area contributed by atoms with Crippen molar-refractivity contribution < 1.29 is 9.13 Å². The molecule has 0 bridgehead atoms. The third-order valence-corrected chi connectivity index (χ3v) is 3.26. The highest BCUT2D eigenvalue weighted by Crippen LogP contribution is 2.28. The molecule has 2 aromatic rings. The van der Waals surface area contributed by atoms with E-state index >= 15 is 0 Å². The van der Waals surface area contributed by atoms with Crippen molar-refractivity contribution in [1.29, 1.82) is 0 Å². The third-order valence-electron chi connectivity index (χ3n) is 2.53. The maximum atomic E-state index is 13.3. The third kappa shape index (κ3) is 2.76. The molecule has 0 amide bonds. The molecular weight excluding hydrogens is 253 g/mol. The molecule has 0 saturated heterocycles. The Balaban J connectivity index is 2.22. The van der Waals surface area contributed by atoms with E-state index in [1.54, 1.807) is 13.2 Å². The predicted octanol–water partition coefficient (Wildman–Crippen LogP) is 3.17. The maximum absolute atomic E-state index is 13.3. The van der Waals surface area contributed by atoms with Gasteiger partial charge in [0, 0.05) is 17.1 Å². The first-order valence-corrected chi connectivity index (χ1v) is 6.28. The molecule has 0 aliphatic rings. The first-order chi connectivity index (χ1) is 8.60. The van der Waals surface area contributed by atoms with Crippen molar-refractivity contribution in [2.75, 3.05) is 12.4 Å². The minimum Gasteiger partial charge on any atom is -0.496 e. The second-order valence-electron chi connectivity index (χ2n) is 3.90. The summed E-state index contributed by atoms with van der Waals surface area (Å²) in [4.78, 5) is 4.22. The number of nitrogens with one attached hydrogen (secondary N) is 1. The first-order valence-electron chi connectivity index (χ1n) is 5.50. The van der Waals surface area contributed by atoms with E-state index in [2.05, 4.69) is 14.7 Å². The van der Waals surface area contributed by atoms with Crippen LogP contribution in [0.3, 0.4) is 0 Å². The molecule has 0 aliphatic carbocycles. The quantitative estimate of drug-likeness (QED) is 0.924. The molecule has 0 radical (unpaired) electrons. The van der Waals surface area contributed by atoms with E-state index in [1.807, 2.05) is 13.8 Å². The highest BCUT2D eigenvalue weighted by Gasteiger charge is 2.14. The Morgan fingerprint density at radius 1 is 1.44 bits per heavy atom. The fraction of sp³-hybridized carbons (Fsp3) is 0.333. The van der Waals surface area contributed by atoms with E-state index < -0.39 is 0 Å². The molecule has 1 heterocycles. The summed E-state index contributed by atoms with van der Waals surface area (Å²) in [5, 5.41) is 3.89. The molecule has 4 nitrogen and oxygen atoms in total. The van der Waals surface area contributed by atoms with E-state index in [0.29, 0.717) is 10.9 Å². The monoisotopic (exact) mass is 267 g/mol. The standard InChI is InChI=1S/C12H14FN3OS/c1-7(14-12-15-8(2)16-18-12)10-6-9(13)4-5-11(10)17-3/h4-7H,1-3H3,(H,14,15,16). The molecule has 1 aromatic carbocycles. The molecule has 1 N–H and O–H groups in total. The van der Waals surface area contributed by atoms with Gasteiger partial charge in [-0.15, -0.1) is 0 Å². The lowest BCUT2D eigenvalue weighted by molar-refractivity contribution is 0.406. The number of hydrogen-bond donors (Lipinski definition) is 1. The van der Waals surface area contributed by atoms with Gasteiger partial charge in [0.2, 0.25) is 5.13 Å². The zero-order chi connectivity index (χ0) is 13.1. The van der Waals surface area contributed by atoms with Crippen LogP contribution in [0, 0.1) is 12.7 Å². The van der Waals surface area contributed by atoms with Gasteiger partial charge in [0.25, 0.3) is 0 Å². The summed E-state index contributed by atoms with van der Waals surface area (Å²) in [6, 6.07) is 4.35. The summed E-state index contributed by atoms with van der Waals surface area (Å²) in [7, 11) is 1.57. The van der Waals surface area contributed by atoms with Crippen LogP contribution in [0.1, 0.15) is 24.4 Å². The fourth-order valence-corrected chi connectivity index (χ4v) is 2.32. The van der Waals surface area contributed by atoms with Crippen molar-refractivity contribution in [3.8, 4) is 5.75 Å². The van der Waals surface area contributed by atoms with Gasteiger partial charge in [0.1, 0.15) is 17.4 Å².